The van der Waals surface area contributed by atoms with E-state index >= 15 is 0 Å². The van der Waals surface area contributed by atoms with Crippen LogP contribution in [0.1, 0.15) is 32.8 Å². The molecule has 0 saturated heterocycles. The van der Waals surface area contributed by atoms with Gasteiger partial charge in [-0.25, -0.2) is 4.39 Å². The Hall–Kier alpha value is -1.37. The van der Waals surface area contributed by atoms with Crippen LogP contribution in [0.5, 0.6) is 0 Å². The molecule has 0 unspecified atom stereocenters. The molecule has 0 aromatic heterocycles. The second-order valence-corrected chi connectivity index (χ2v) is 3.60. The summed E-state index contributed by atoms with van der Waals surface area (Å²) in [5.74, 6) is -0.189. The Morgan fingerprint density at radius 3 is 2.33 bits per heavy atom. The quantitative estimate of drug-likeness (QED) is 0.632. The third-order valence-corrected chi connectivity index (χ3v) is 2.45. The Kier molecular flexibility index (Phi) is 4.29. The van der Waals surface area contributed by atoms with Crippen molar-refractivity contribution in [2.75, 3.05) is 0 Å². The lowest BCUT2D eigenvalue weighted by Crippen LogP contribution is -1.83. The fourth-order valence-electron chi connectivity index (χ4n) is 1.34. The summed E-state index contributed by atoms with van der Waals surface area (Å²) in [5.41, 5.74) is 3.54. The maximum Gasteiger partial charge on any atom is 0.123 e. The van der Waals surface area contributed by atoms with E-state index in [0.717, 1.165) is 17.6 Å². The van der Waals surface area contributed by atoms with Gasteiger partial charge in [0.2, 0.25) is 0 Å². The maximum absolute atomic E-state index is 12.7. The Labute approximate surface area is 91.1 Å². The van der Waals surface area contributed by atoms with E-state index < -0.39 is 0 Å². The van der Waals surface area contributed by atoms with Gasteiger partial charge >= 0.3 is 0 Å². The van der Waals surface area contributed by atoms with Crippen LogP contribution in [0.2, 0.25) is 0 Å². The van der Waals surface area contributed by atoms with Gasteiger partial charge in [-0.05, 0) is 43.5 Å². The molecule has 0 saturated carbocycles. The lowest BCUT2D eigenvalue weighted by atomic mass is 10.0. The van der Waals surface area contributed by atoms with Crippen molar-refractivity contribution in [1.29, 1.82) is 0 Å². The lowest BCUT2D eigenvalue weighted by Gasteiger charge is -2.03. The molecule has 0 atom stereocenters. The lowest BCUT2D eigenvalue weighted by molar-refractivity contribution is 0.627. The molecule has 1 heteroatoms. The second kappa shape index (κ2) is 5.50. The third kappa shape index (κ3) is 3.35. The van der Waals surface area contributed by atoms with Crippen molar-refractivity contribution in [3.8, 4) is 0 Å². The van der Waals surface area contributed by atoms with Gasteiger partial charge in [0.15, 0.2) is 0 Å². The van der Waals surface area contributed by atoms with E-state index in [1.807, 2.05) is 25.1 Å². The number of hydrogen-bond donors (Lipinski definition) is 0. The third-order valence-electron chi connectivity index (χ3n) is 2.45. The highest BCUT2D eigenvalue weighted by molar-refractivity contribution is 5.74. The first-order valence-electron chi connectivity index (χ1n) is 5.26. The summed E-state index contributed by atoms with van der Waals surface area (Å²) < 4.78 is 12.7. The Balaban J connectivity index is 2.99. The minimum Gasteiger partial charge on any atom is -0.207 e. The van der Waals surface area contributed by atoms with E-state index in [2.05, 4.69) is 19.9 Å². The molecule has 1 rings (SSSR count). The molecule has 0 N–H and O–H groups in total. The molecular formula is C14H17F. The first-order valence-corrected chi connectivity index (χ1v) is 5.26. The summed E-state index contributed by atoms with van der Waals surface area (Å²) in [6.45, 7) is 6.23. The summed E-state index contributed by atoms with van der Waals surface area (Å²) in [6, 6.07) is 6.61. The second-order valence-electron chi connectivity index (χ2n) is 3.60. The molecule has 0 aliphatic carbocycles. The number of halogens is 1. The molecule has 0 bridgehead atoms. The molecule has 0 spiro atoms. The molecule has 0 aliphatic heterocycles. The standard InChI is InChI=1S/C14H17F/c1-4-11(3)10-12(5-2)13-6-8-14(15)9-7-13/h5-10H,4H2,1-3H3/b11-10-,12-5+. The summed E-state index contributed by atoms with van der Waals surface area (Å²) in [5, 5.41) is 0. The topological polar surface area (TPSA) is 0 Å². The number of allylic oxidation sites excluding steroid dienone is 4. The van der Waals surface area contributed by atoms with Crippen LogP contribution in [0.3, 0.4) is 0 Å². The van der Waals surface area contributed by atoms with Crippen molar-refractivity contribution < 1.29 is 4.39 Å². The van der Waals surface area contributed by atoms with E-state index in [0.29, 0.717) is 0 Å². The molecule has 1 aromatic carbocycles. The fraction of sp³-hybridized carbons (Fsp3) is 0.286. The van der Waals surface area contributed by atoms with Gasteiger partial charge in [-0.2, -0.15) is 0 Å². The zero-order chi connectivity index (χ0) is 11.3. The van der Waals surface area contributed by atoms with Crippen molar-refractivity contribution in [2.24, 2.45) is 0 Å². The summed E-state index contributed by atoms with van der Waals surface area (Å²) in [6.07, 6.45) is 5.23. The van der Waals surface area contributed by atoms with Gasteiger partial charge in [0.1, 0.15) is 5.82 Å². The molecule has 0 amide bonds. The monoisotopic (exact) mass is 204 g/mol. The average molecular weight is 204 g/mol. The zero-order valence-corrected chi connectivity index (χ0v) is 9.55. The largest absolute Gasteiger partial charge is 0.207 e. The minimum absolute atomic E-state index is 0.189. The SMILES string of the molecule is C/C=C(\C=C(\C)CC)c1ccc(F)cc1. The molecule has 0 aliphatic rings. The van der Waals surface area contributed by atoms with Crippen LogP contribution in [0.15, 0.2) is 42.0 Å². The maximum atomic E-state index is 12.7. The first kappa shape index (κ1) is 11.7. The molecule has 0 fully saturated rings. The van der Waals surface area contributed by atoms with Crippen LogP contribution in [-0.4, -0.2) is 0 Å². The predicted octanol–water partition coefficient (Wildman–Crippen LogP) is 4.59. The molecule has 0 nitrogen and oxygen atoms in total. The Morgan fingerprint density at radius 1 is 1.27 bits per heavy atom. The van der Waals surface area contributed by atoms with Crippen LogP contribution in [0.25, 0.3) is 5.57 Å². The highest BCUT2D eigenvalue weighted by Gasteiger charge is 1.98. The van der Waals surface area contributed by atoms with Gasteiger partial charge in [0.25, 0.3) is 0 Å². The van der Waals surface area contributed by atoms with Crippen LogP contribution in [0.4, 0.5) is 4.39 Å². The normalized spacial score (nSPS) is 13.1. The fourth-order valence-corrected chi connectivity index (χ4v) is 1.34. The van der Waals surface area contributed by atoms with E-state index in [9.17, 15) is 4.39 Å². The van der Waals surface area contributed by atoms with Crippen molar-refractivity contribution in [2.45, 2.75) is 27.2 Å². The van der Waals surface area contributed by atoms with Crippen LogP contribution in [-0.2, 0) is 0 Å². The predicted molar refractivity (Wildman–Crippen MR) is 64.1 cm³/mol. The molecule has 80 valence electrons. The van der Waals surface area contributed by atoms with Crippen molar-refractivity contribution in [3.05, 3.63) is 53.4 Å². The van der Waals surface area contributed by atoms with Crippen molar-refractivity contribution >= 4 is 5.57 Å². The molecule has 0 heterocycles. The Morgan fingerprint density at radius 2 is 1.87 bits per heavy atom. The van der Waals surface area contributed by atoms with Gasteiger partial charge in [0, 0.05) is 0 Å². The molecule has 0 radical (unpaired) electrons. The minimum atomic E-state index is -0.189. The van der Waals surface area contributed by atoms with Gasteiger partial charge < -0.3 is 0 Å². The number of benzene rings is 1. The van der Waals surface area contributed by atoms with Crippen LogP contribution in [0, 0.1) is 5.82 Å². The summed E-state index contributed by atoms with van der Waals surface area (Å²) in [4.78, 5) is 0. The van der Waals surface area contributed by atoms with Gasteiger partial charge in [-0.1, -0.05) is 36.8 Å². The van der Waals surface area contributed by atoms with Crippen molar-refractivity contribution in [3.63, 3.8) is 0 Å². The number of hydrogen-bond acceptors (Lipinski definition) is 0. The molecule has 1 aromatic rings. The first-order chi connectivity index (χ1) is 7.17. The smallest absolute Gasteiger partial charge is 0.123 e. The van der Waals surface area contributed by atoms with E-state index in [1.165, 1.54) is 17.7 Å². The highest BCUT2D eigenvalue weighted by Crippen LogP contribution is 2.18. The van der Waals surface area contributed by atoms with E-state index in [1.54, 1.807) is 0 Å². The van der Waals surface area contributed by atoms with E-state index in [4.69, 9.17) is 0 Å². The summed E-state index contributed by atoms with van der Waals surface area (Å²) >= 11 is 0. The van der Waals surface area contributed by atoms with E-state index in [-0.39, 0.29) is 5.82 Å². The zero-order valence-electron chi connectivity index (χ0n) is 9.55. The van der Waals surface area contributed by atoms with Crippen molar-refractivity contribution in [1.82, 2.24) is 0 Å². The van der Waals surface area contributed by atoms with Gasteiger partial charge in [-0.3, -0.25) is 0 Å². The van der Waals surface area contributed by atoms with Crippen LogP contribution < -0.4 is 0 Å². The van der Waals surface area contributed by atoms with Gasteiger partial charge in [0.05, 0.1) is 0 Å². The Bertz CT molecular complexity index is 369. The molecular weight excluding hydrogens is 187 g/mol. The highest BCUT2D eigenvalue weighted by atomic mass is 19.1. The van der Waals surface area contributed by atoms with Crippen LogP contribution >= 0.6 is 0 Å². The number of rotatable bonds is 3. The summed E-state index contributed by atoms with van der Waals surface area (Å²) in [7, 11) is 0. The average Bonchev–Trinajstić information content (AvgIpc) is 2.27. The molecule has 15 heavy (non-hydrogen) atoms. The van der Waals surface area contributed by atoms with Gasteiger partial charge in [-0.15, -0.1) is 0 Å².